The molecular weight excluding hydrogens is 290 g/mol. The Morgan fingerprint density at radius 1 is 1.52 bits per heavy atom. The number of H-pyrrole nitrogens is 1. The van der Waals surface area contributed by atoms with E-state index in [9.17, 15) is 4.79 Å². The summed E-state index contributed by atoms with van der Waals surface area (Å²) in [6.45, 7) is 4.81. The van der Waals surface area contributed by atoms with Gasteiger partial charge in [0.25, 0.3) is 0 Å². The van der Waals surface area contributed by atoms with Gasteiger partial charge in [0.1, 0.15) is 11.6 Å². The van der Waals surface area contributed by atoms with Gasteiger partial charge >= 0.3 is 0 Å². The Hall–Kier alpha value is -2.11. The van der Waals surface area contributed by atoms with Crippen LogP contribution in [0.1, 0.15) is 49.2 Å². The van der Waals surface area contributed by atoms with Crippen LogP contribution in [0.25, 0.3) is 0 Å². The van der Waals surface area contributed by atoms with Crippen LogP contribution in [-0.4, -0.2) is 37.4 Å². The maximum Gasteiger partial charge on any atom is 0.226 e. The van der Waals surface area contributed by atoms with E-state index in [0.717, 1.165) is 42.3 Å². The molecule has 0 aromatic carbocycles. The van der Waals surface area contributed by atoms with Gasteiger partial charge in [-0.1, -0.05) is 13.8 Å². The third kappa shape index (κ3) is 3.16. The minimum Gasteiger partial charge on any atom is -0.345 e. The second kappa shape index (κ2) is 6.18. The molecule has 0 fully saturated rings. The fourth-order valence-electron chi connectivity index (χ4n) is 3.14. The molecule has 0 radical (unpaired) electrons. The van der Waals surface area contributed by atoms with E-state index in [0.29, 0.717) is 12.5 Å². The van der Waals surface area contributed by atoms with Crippen molar-refractivity contribution in [1.29, 1.82) is 0 Å². The first kappa shape index (κ1) is 15.8. The lowest BCUT2D eigenvalue weighted by Crippen LogP contribution is -2.36. The zero-order valence-corrected chi connectivity index (χ0v) is 14.3. The molecule has 23 heavy (non-hydrogen) atoms. The number of rotatable bonds is 4. The fourth-order valence-corrected chi connectivity index (χ4v) is 3.14. The van der Waals surface area contributed by atoms with Crippen LogP contribution in [0.15, 0.2) is 12.4 Å². The number of aryl methyl sites for hydroxylation is 2. The van der Waals surface area contributed by atoms with Gasteiger partial charge in [0, 0.05) is 50.4 Å². The van der Waals surface area contributed by atoms with E-state index in [1.54, 1.807) is 11.1 Å². The summed E-state index contributed by atoms with van der Waals surface area (Å²) < 4.78 is 1.95. The molecule has 1 N–H and O–H groups in total. The molecule has 3 rings (SSSR count). The molecule has 0 saturated carbocycles. The van der Waals surface area contributed by atoms with Gasteiger partial charge in [-0.3, -0.25) is 4.79 Å². The van der Waals surface area contributed by atoms with Gasteiger partial charge in [-0.15, -0.1) is 0 Å². The summed E-state index contributed by atoms with van der Waals surface area (Å²) in [6, 6.07) is 0. The maximum absolute atomic E-state index is 12.7. The Bertz CT molecular complexity index is 700. The molecule has 1 amide bonds. The molecule has 6 nitrogen and oxygen atoms in total. The van der Waals surface area contributed by atoms with E-state index in [1.807, 2.05) is 24.9 Å². The number of hydrogen-bond donors (Lipinski definition) is 1. The Balaban J connectivity index is 1.67. The highest BCUT2D eigenvalue weighted by Gasteiger charge is 2.29. The first-order chi connectivity index (χ1) is 11.0. The van der Waals surface area contributed by atoms with Crippen molar-refractivity contribution in [2.75, 3.05) is 7.05 Å². The van der Waals surface area contributed by atoms with Crippen LogP contribution in [0.4, 0.5) is 0 Å². The summed E-state index contributed by atoms with van der Waals surface area (Å²) in [5.74, 6) is 2.55. The number of imidazole rings is 2. The minimum atomic E-state index is 0.0354. The van der Waals surface area contributed by atoms with Crippen LogP contribution in [-0.2, 0) is 31.2 Å². The third-order valence-electron chi connectivity index (χ3n) is 4.63. The largest absolute Gasteiger partial charge is 0.345 e. The zero-order valence-electron chi connectivity index (χ0n) is 14.3. The van der Waals surface area contributed by atoms with Crippen molar-refractivity contribution in [1.82, 2.24) is 24.4 Å². The fraction of sp³-hybridized carbons (Fsp3) is 0.588. The molecule has 2 aromatic rings. The Morgan fingerprint density at radius 2 is 2.30 bits per heavy atom. The van der Waals surface area contributed by atoms with Crippen molar-refractivity contribution in [3.05, 3.63) is 35.4 Å². The summed E-state index contributed by atoms with van der Waals surface area (Å²) >= 11 is 0. The standard InChI is InChI=1S/C17H25N5O/c1-11(2)16-19-13-6-5-12(9-14(13)20-16)17(23)22(4)10-15-18-7-8-21(15)3/h7-8,11-12H,5-6,9-10H2,1-4H3,(H,19,20)/t12-/m0/s1. The second-order valence-corrected chi connectivity index (χ2v) is 6.79. The highest BCUT2D eigenvalue weighted by Crippen LogP contribution is 2.27. The molecule has 0 aliphatic heterocycles. The highest BCUT2D eigenvalue weighted by molar-refractivity contribution is 5.79. The van der Waals surface area contributed by atoms with Crippen LogP contribution in [0, 0.1) is 5.92 Å². The number of nitrogens with zero attached hydrogens (tertiary/aromatic N) is 4. The number of nitrogens with one attached hydrogen (secondary N) is 1. The molecule has 0 unspecified atom stereocenters. The predicted molar refractivity (Wildman–Crippen MR) is 87.9 cm³/mol. The SMILES string of the molecule is CC(C)c1nc2c([nH]1)C[C@@H](C(=O)N(C)Cc1nccn1C)CC2. The van der Waals surface area contributed by atoms with Crippen molar-refractivity contribution in [2.24, 2.45) is 13.0 Å². The monoisotopic (exact) mass is 315 g/mol. The zero-order chi connectivity index (χ0) is 16.6. The van der Waals surface area contributed by atoms with Crippen LogP contribution in [0.5, 0.6) is 0 Å². The Morgan fingerprint density at radius 3 is 2.96 bits per heavy atom. The number of amides is 1. The first-order valence-electron chi connectivity index (χ1n) is 8.24. The van der Waals surface area contributed by atoms with E-state index >= 15 is 0 Å². The van der Waals surface area contributed by atoms with E-state index in [4.69, 9.17) is 0 Å². The molecule has 2 heterocycles. The van der Waals surface area contributed by atoms with Crippen molar-refractivity contribution in [3.8, 4) is 0 Å². The lowest BCUT2D eigenvalue weighted by Gasteiger charge is -2.26. The summed E-state index contributed by atoms with van der Waals surface area (Å²) in [4.78, 5) is 26.9. The van der Waals surface area contributed by atoms with Gasteiger partial charge in [0.05, 0.1) is 12.2 Å². The van der Waals surface area contributed by atoms with E-state index in [-0.39, 0.29) is 11.8 Å². The number of aromatic amines is 1. The molecule has 1 aliphatic rings. The maximum atomic E-state index is 12.7. The average molecular weight is 315 g/mol. The van der Waals surface area contributed by atoms with Gasteiger partial charge in [-0.2, -0.15) is 0 Å². The van der Waals surface area contributed by atoms with E-state index < -0.39 is 0 Å². The van der Waals surface area contributed by atoms with Crippen molar-refractivity contribution < 1.29 is 4.79 Å². The first-order valence-corrected chi connectivity index (χ1v) is 8.24. The third-order valence-corrected chi connectivity index (χ3v) is 4.63. The molecule has 0 bridgehead atoms. The number of hydrogen-bond acceptors (Lipinski definition) is 3. The number of carbonyl (C=O) groups excluding carboxylic acids is 1. The van der Waals surface area contributed by atoms with Crippen molar-refractivity contribution in [3.63, 3.8) is 0 Å². The minimum absolute atomic E-state index is 0.0354. The average Bonchev–Trinajstić information content (AvgIpc) is 3.12. The van der Waals surface area contributed by atoms with Gasteiger partial charge in [0.2, 0.25) is 5.91 Å². The number of aromatic nitrogens is 4. The van der Waals surface area contributed by atoms with Crippen LogP contribution >= 0.6 is 0 Å². The molecular formula is C17H25N5O. The highest BCUT2D eigenvalue weighted by atomic mass is 16.2. The lowest BCUT2D eigenvalue weighted by molar-refractivity contribution is -0.135. The van der Waals surface area contributed by atoms with Gasteiger partial charge < -0.3 is 14.5 Å². The summed E-state index contributed by atoms with van der Waals surface area (Å²) in [7, 11) is 3.81. The normalized spacial score (nSPS) is 17.3. The van der Waals surface area contributed by atoms with Gasteiger partial charge in [0.15, 0.2) is 0 Å². The molecule has 1 atom stereocenters. The summed E-state index contributed by atoms with van der Waals surface area (Å²) in [6.07, 6.45) is 6.18. The molecule has 6 heteroatoms. The quantitative estimate of drug-likeness (QED) is 0.939. The molecule has 124 valence electrons. The molecule has 0 spiro atoms. The Labute approximate surface area is 136 Å². The summed E-state index contributed by atoms with van der Waals surface area (Å²) in [5.41, 5.74) is 2.29. The van der Waals surface area contributed by atoms with Crippen molar-refractivity contribution >= 4 is 5.91 Å². The summed E-state index contributed by atoms with van der Waals surface area (Å²) in [5, 5.41) is 0. The number of fused-ring (bicyclic) bond motifs is 1. The smallest absolute Gasteiger partial charge is 0.226 e. The second-order valence-electron chi connectivity index (χ2n) is 6.79. The Kier molecular flexibility index (Phi) is 4.24. The predicted octanol–water partition coefficient (Wildman–Crippen LogP) is 2.03. The lowest BCUT2D eigenvalue weighted by atomic mass is 9.89. The van der Waals surface area contributed by atoms with Gasteiger partial charge in [-0.05, 0) is 12.8 Å². The van der Waals surface area contributed by atoms with Crippen molar-refractivity contribution in [2.45, 2.75) is 45.6 Å². The van der Waals surface area contributed by atoms with Crippen LogP contribution in [0.3, 0.4) is 0 Å². The van der Waals surface area contributed by atoms with Crippen LogP contribution < -0.4 is 0 Å². The van der Waals surface area contributed by atoms with E-state index in [2.05, 4.69) is 28.8 Å². The molecule has 1 aliphatic carbocycles. The van der Waals surface area contributed by atoms with Gasteiger partial charge in [-0.25, -0.2) is 9.97 Å². The molecule has 0 saturated heterocycles. The number of carbonyl (C=O) groups is 1. The van der Waals surface area contributed by atoms with Crippen LogP contribution in [0.2, 0.25) is 0 Å². The molecule has 2 aromatic heterocycles. The topological polar surface area (TPSA) is 66.8 Å². The van der Waals surface area contributed by atoms with E-state index in [1.165, 1.54) is 0 Å².